The van der Waals surface area contributed by atoms with Crippen molar-refractivity contribution < 1.29 is 14.4 Å². The molecule has 1 aromatic rings. The minimum absolute atomic E-state index is 0.0176. The predicted octanol–water partition coefficient (Wildman–Crippen LogP) is 3.26. The van der Waals surface area contributed by atoms with Gasteiger partial charge in [-0.1, -0.05) is 46.7 Å². The summed E-state index contributed by atoms with van der Waals surface area (Å²) in [6.07, 6.45) is 0.591. The largest absolute Gasteiger partial charge is 0.477 e. The van der Waals surface area contributed by atoms with Crippen molar-refractivity contribution in [3.8, 4) is 0 Å². The van der Waals surface area contributed by atoms with Gasteiger partial charge in [-0.25, -0.2) is 4.79 Å². The first-order valence-corrected chi connectivity index (χ1v) is 5.75. The third-order valence-electron chi connectivity index (χ3n) is 2.36. The molecule has 0 spiro atoms. The number of hydrogen-bond acceptors (Lipinski definition) is 3. The molecular formula is C13H21NO3. The van der Waals surface area contributed by atoms with Crippen molar-refractivity contribution in [3.05, 3.63) is 17.0 Å². The maximum Gasteiger partial charge on any atom is 0.341 e. The smallest absolute Gasteiger partial charge is 0.341 e. The van der Waals surface area contributed by atoms with Crippen LogP contribution in [0.15, 0.2) is 4.52 Å². The Bertz CT molecular complexity index is 419. The second-order valence-corrected chi connectivity index (χ2v) is 6.63. The lowest BCUT2D eigenvalue weighted by Crippen LogP contribution is -2.17. The Balaban J connectivity index is 3.26. The summed E-state index contributed by atoms with van der Waals surface area (Å²) in [5.74, 6) is -0.514. The van der Waals surface area contributed by atoms with Crippen LogP contribution < -0.4 is 0 Å². The van der Waals surface area contributed by atoms with Gasteiger partial charge in [-0.15, -0.1) is 0 Å². The molecule has 0 atom stereocenters. The highest BCUT2D eigenvalue weighted by Crippen LogP contribution is 2.31. The molecule has 0 amide bonds. The molecule has 17 heavy (non-hydrogen) atoms. The maximum absolute atomic E-state index is 11.3. The molecule has 0 saturated carbocycles. The van der Waals surface area contributed by atoms with Crippen molar-refractivity contribution >= 4 is 5.97 Å². The van der Waals surface area contributed by atoms with Gasteiger partial charge in [0, 0.05) is 5.41 Å². The Morgan fingerprint density at radius 1 is 1.24 bits per heavy atom. The van der Waals surface area contributed by atoms with Crippen LogP contribution in [0, 0.1) is 5.41 Å². The van der Waals surface area contributed by atoms with Crippen LogP contribution in [0.4, 0.5) is 0 Å². The van der Waals surface area contributed by atoms with Gasteiger partial charge in [0.05, 0.1) is 5.69 Å². The van der Waals surface area contributed by atoms with Crippen molar-refractivity contribution in [2.45, 2.75) is 53.4 Å². The monoisotopic (exact) mass is 239 g/mol. The standard InChI is InChI=1S/C13H21NO3/c1-12(2,3)7-8-9(11(15)16)10(17-14-8)13(4,5)6/h7H2,1-6H3,(H,15,16). The quantitative estimate of drug-likeness (QED) is 0.860. The number of nitrogens with zero attached hydrogens (tertiary/aromatic N) is 1. The van der Waals surface area contributed by atoms with E-state index in [2.05, 4.69) is 5.16 Å². The van der Waals surface area contributed by atoms with E-state index in [1.165, 1.54) is 0 Å². The highest BCUT2D eigenvalue weighted by Gasteiger charge is 2.31. The molecule has 1 aromatic heterocycles. The third kappa shape index (κ3) is 3.32. The zero-order valence-corrected chi connectivity index (χ0v) is 11.4. The molecule has 4 heteroatoms. The molecule has 0 aliphatic heterocycles. The summed E-state index contributed by atoms with van der Waals surface area (Å²) in [6, 6.07) is 0. The SMILES string of the molecule is CC(C)(C)Cc1noc(C(C)(C)C)c1C(=O)O. The molecule has 1 heterocycles. The van der Waals surface area contributed by atoms with Crippen molar-refractivity contribution in [2.75, 3.05) is 0 Å². The molecule has 0 aliphatic rings. The average Bonchev–Trinajstić information content (AvgIpc) is 2.43. The first kappa shape index (κ1) is 13.7. The number of carboxylic acids is 1. The number of carbonyl (C=O) groups is 1. The van der Waals surface area contributed by atoms with Crippen molar-refractivity contribution in [2.24, 2.45) is 5.41 Å². The van der Waals surface area contributed by atoms with Crippen LogP contribution >= 0.6 is 0 Å². The molecule has 96 valence electrons. The van der Waals surface area contributed by atoms with E-state index in [-0.39, 0.29) is 16.4 Å². The van der Waals surface area contributed by atoms with Gasteiger partial charge in [0.25, 0.3) is 0 Å². The lowest BCUT2D eigenvalue weighted by molar-refractivity contribution is 0.0690. The Labute approximate surface area is 102 Å². The second-order valence-electron chi connectivity index (χ2n) is 6.63. The fourth-order valence-electron chi connectivity index (χ4n) is 1.68. The molecule has 0 bridgehead atoms. The van der Waals surface area contributed by atoms with E-state index in [4.69, 9.17) is 4.52 Å². The fraction of sp³-hybridized carbons (Fsp3) is 0.692. The van der Waals surface area contributed by atoms with Crippen molar-refractivity contribution in [3.63, 3.8) is 0 Å². The van der Waals surface area contributed by atoms with Gasteiger partial charge >= 0.3 is 5.97 Å². The van der Waals surface area contributed by atoms with Crippen molar-refractivity contribution in [1.82, 2.24) is 5.16 Å². The number of hydrogen-bond donors (Lipinski definition) is 1. The van der Waals surface area contributed by atoms with Crippen LogP contribution in [0.25, 0.3) is 0 Å². The zero-order chi connectivity index (χ0) is 13.4. The number of aromatic nitrogens is 1. The lowest BCUT2D eigenvalue weighted by atomic mass is 9.85. The van der Waals surface area contributed by atoms with E-state index in [9.17, 15) is 9.90 Å². The molecule has 0 radical (unpaired) electrons. The van der Waals surface area contributed by atoms with E-state index >= 15 is 0 Å². The highest BCUT2D eigenvalue weighted by molar-refractivity contribution is 5.90. The minimum atomic E-state index is -0.963. The van der Waals surface area contributed by atoms with Crippen LogP contribution in [-0.2, 0) is 11.8 Å². The highest BCUT2D eigenvalue weighted by atomic mass is 16.5. The Morgan fingerprint density at radius 3 is 2.12 bits per heavy atom. The molecule has 0 unspecified atom stereocenters. The Morgan fingerprint density at radius 2 is 1.76 bits per heavy atom. The first-order chi connectivity index (χ1) is 7.52. The van der Waals surface area contributed by atoms with E-state index in [0.29, 0.717) is 17.9 Å². The molecule has 0 aliphatic carbocycles. The molecular weight excluding hydrogens is 218 g/mol. The topological polar surface area (TPSA) is 63.3 Å². The van der Waals surface area contributed by atoms with E-state index in [1.54, 1.807) is 0 Å². The summed E-state index contributed by atoms with van der Waals surface area (Å²) < 4.78 is 5.24. The van der Waals surface area contributed by atoms with Crippen LogP contribution in [0.5, 0.6) is 0 Å². The molecule has 1 rings (SSSR count). The zero-order valence-electron chi connectivity index (χ0n) is 11.4. The maximum atomic E-state index is 11.3. The fourth-order valence-corrected chi connectivity index (χ4v) is 1.68. The average molecular weight is 239 g/mol. The Hall–Kier alpha value is -1.32. The van der Waals surface area contributed by atoms with Crippen LogP contribution in [0.3, 0.4) is 0 Å². The number of carboxylic acid groups (broad SMARTS) is 1. The van der Waals surface area contributed by atoms with Gasteiger partial charge in [-0.2, -0.15) is 0 Å². The summed E-state index contributed by atoms with van der Waals surface area (Å²) >= 11 is 0. The predicted molar refractivity (Wildman–Crippen MR) is 65.3 cm³/mol. The summed E-state index contributed by atoms with van der Waals surface area (Å²) in [4.78, 5) is 11.3. The molecule has 1 N–H and O–H groups in total. The summed E-state index contributed by atoms with van der Waals surface area (Å²) in [5, 5.41) is 13.2. The molecule has 0 saturated heterocycles. The molecule has 0 aromatic carbocycles. The van der Waals surface area contributed by atoms with Crippen LogP contribution in [0.2, 0.25) is 0 Å². The van der Waals surface area contributed by atoms with E-state index in [1.807, 2.05) is 41.5 Å². The van der Waals surface area contributed by atoms with Gasteiger partial charge in [0.1, 0.15) is 5.56 Å². The van der Waals surface area contributed by atoms with Gasteiger partial charge < -0.3 is 9.63 Å². The summed E-state index contributed by atoms with van der Waals surface area (Å²) in [7, 11) is 0. The summed E-state index contributed by atoms with van der Waals surface area (Å²) in [5.41, 5.74) is 0.398. The van der Waals surface area contributed by atoms with E-state index in [0.717, 1.165) is 0 Å². The Kier molecular flexibility index (Phi) is 3.37. The number of rotatable bonds is 2. The first-order valence-electron chi connectivity index (χ1n) is 5.75. The summed E-state index contributed by atoms with van der Waals surface area (Å²) in [6.45, 7) is 11.9. The normalized spacial score (nSPS) is 12.8. The third-order valence-corrected chi connectivity index (χ3v) is 2.36. The van der Waals surface area contributed by atoms with Crippen molar-refractivity contribution in [1.29, 1.82) is 0 Å². The second kappa shape index (κ2) is 4.17. The van der Waals surface area contributed by atoms with Gasteiger partial charge in [0.2, 0.25) is 0 Å². The lowest BCUT2D eigenvalue weighted by Gasteiger charge is -2.17. The van der Waals surface area contributed by atoms with Crippen LogP contribution in [-0.4, -0.2) is 16.2 Å². The van der Waals surface area contributed by atoms with Gasteiger partial charge in [-0.05, 0) is 11.8 Å². The van der Waals surface area contributed by atoms with Gasteiger partial charge in [-0.3, -0.25) is 0 Å². The minimum Gasteiger partial charge on any atom is -0.477 e. The molecule has 4 nitrogen and oxygen atoms in total. The van der Waals surface area contributed by atoms with E-state index < -0.39 is 5.97 Å². The molecule has 0 fully saturated rings. The van der Waals surface area contributed by atoms with Crippen LogP contribution in [0.1, 0.15) is 63.4 Å². The van der Waals surface area contributed by atoms with Gasteiger partial charge in [0.15, 0.2) is 5.76 Å². The number of aromatic carboxylic acids is 1.